The minimum absolute atomic E-state index is 0.137. The molecule has 2 aromatic rings. The molecule has 0 fully saturated rings. The molecule has 0 saturated heterocycles. The fraction of sp³-hybridized carbons (Fsp3) is 0.294. The molecule has 0 radical (unpaired) electrons. The van der Waals surface area contributed by atoms with Crippen LogP contribution >= 0.6 is 0 Å². The van der Waals surface area contributed by atoms with Crippen molar-refractivity contribution >= 4 is 5.69 Å². The number of hydrogen-bond acceptors (Lipinski definition) is 2. The van der Waals surface area contributed by atoms with Crippen molar-refractivity contribution in [2.24, 2.45) is 0 Å². The van der Waals surface area contributed by atoms with Crippen LogP contribution < -0.4 is 10.5 Å². The van der Waals surface area contributed by atoms with Crippen LogP contribution in [0.1, 0.15) is 26.3 Å². The zero-order valence-corrected chi connectivity index (χ0v) is 12.7. The highest BCUT2D eigenvalue weighted by atomic mass is 19.4. The van der Waals surface area contributed by atoms with E-state index in [0.717, 1.165) is 5.56 Å². The van der Waals surface area contributed by atoms with Crippen molar-refractivity contribution in [3.8, 4) is 16.9 Å². The number of nitrogens with two attached hydrogens (primary N) is 1. The highest BCUT2D eigenvalue weighted by Gasteiger charge is 2.32. The molecule has 0 bridgehead atoms. The number of rotatable bonds is 2. The lowest BCUT2D eigenvalue weighted by atomic mass is 9.85. The molecule has 0 aromatic heterocycles. The minimum Gasteiger partial charge on any atom is -0.405 e. The summed E-state index contributed by atoms with van der Waals surface area (Å²) in [7, 11) is 0. The second-order valence-corrected chi connectivity index (χ2v) is 6.10. The maximum Gasteiger partial charge on any atom is 0.573 e. The molecule has 5 heteroatoms. The zero-order valence-electron chi connectivity index (χ0n) is 12.7. The Labute approximate surface area is 127 Å². The van der Waals surface area contributed by atoms with Crippen LogP contribution in [0.25, 0.3) is 11.1 Å². The first-order chi connectivity index (χ1) is 10.1. The third-order valence-electron chi connectivity index (χ3n) is 3.32. The van der Waals surface area contributed by atoms with E-state index in [0.29, 0.717) is 16.8 Å². The van der Waals surface area contributed by atoms with E-state index in [1.807, 2.05) is 32.9 Å². The van der Waals surface area contributed by atoms with Crippen LogP contribution in [0.15, 0.2) is 42.5 Å². The number of hydrogen-bond donors (Lipinski definition) is 1. The Bertz CT molecular complexity index is 672. The summed E-state index contributed by atoms with van der Waals surface area (Å²) in [5.74, 6) is -0.257. The van der Waals surface area contributed by atoms with Crippen LogP contribution in [-0.4, -0.2) is 6.36 Å². The van der Waals surface area contributed by atoms with Crippen LogP contribution in [0, 0.1) is 0 Å². The lowest BCUT2D eigenvalue weighted by Crippen LogP contribution is -2.17. The van der Waals surface area contributed by atoms with Crippen molar-refractivity contribution in [2.45, 2.75) is 32.5 Å². The highest BCUT2D eigenvalue weighted by molar-refractivity contribution is 5.81. The first-order valence-corrected chi connectivity index (χ1v) is 6.83. The summed E-state index contributed by atoms with van der Waals surface area (Å²) in [6.07, 6.45) is -4.74. The van der Waals surface area contributed by atoms with Gasteiger partial charge in [-0.25, -0.2) is 0 Å². The van der Waals surface area contributed by atoms with E-state index < -0.39 is 6.36 Å². The van der Waals surface area contributed by atoms with E-state index in [4.69, 9.17) is 5.73 Å². The molecule has 0 spiro atoms. The molecular weight excluding hydrogens is 291 g/mol. The normalized spacial score (nSPS) is 12.3. The van der Waals surface area contributed by atoms with Crippen LogP contribution in [0.2, 0.25) is 0 Å². The third-order valence-corrected chi connectivity index (χ3v) is 3.32. The molecule has 0 saturated carbocycles. The number of ether oxygens (including phenoxy) is 1. The van der Waals surface area contributed by atoms with Crippen LogP contribution in [0.4, 0.5) is 18.9 Å². The minimum atomic E-state index is -4.74. The first-order valence-electron chi connectivity index (χ1n) is 6.83. The van der Waals surface area contributed by atoms with Crippen molar-refractivity contribution in [1.82, 2.24) is 0 Å². The van der Waals surface area contributed by atoms with Gasteiger partial charge in [-0.3, -0.25) is 0 Å². The molecule has 0 aliphatic carbocycles. The summed E-state index contributed by atoms with van der Waals surface area (Å²) >= 11 is 0. The van der Waals surface area contributed by atoms with E-state index in [9.17, 15) is 13.2 Å². The van der Waals surface area contributed by atoms with Gasteiger partial charge in [0.15, 0.2) is 0 Å². The Morgan fingerprint density at radius 1 is 0.909 bits per heavy atom. The van der Waals surface area contributed by atoms with E-state index >= 15 is 0 Å². The average molecular weight is 309 g/mol. The first kappa shape index (κ1) is 16.2. The largest absolute Gasteiger partial charge is 0.573 e. The second-order valence-electron chi connectivity index (χ2n) is 6.10. The Kier molecular flexibility index (Phi) is 4.09. The van der Waals surface area contributed by atoms with Gasteiger partial charge >= 0.3 is 6.36 Å². The number of anilines is 1. The number of para-hydroxylation sites is 1. The smallest absolute Gasteiger partial charge is 0.405 e. The number of alkyl halides is 3. The van der Waals surface area contributed by atoms with Gasteiger partial charge in [-0.2, -0.15) is 0 Å². The summed E-state index contributed by atoms with van der Waals surface area (Å²) in [5.41, 5.74) is 8.07. The molecule has 2 rings (SSSR count). The van der Waals surface area contributed by atoms with Crippen LogP contribution in [-0.2, 0) is 5.41 Å². The summed E-state index contributed by atoms with van der Waals surface area (Å²) in [4.78, 5) is 0. The summed E-state index contributed by atoms with van der Waals surface area (Å²) in [6, 6.07) is 11.4. The SMILES string of the molecule is CC(C)(C)c1ccc(N)c(-c2ccccc2OC(F)(F)F)c1. The van der Waals surface area contributed by atoms with Gasteiger partial charge in [-0.1, -0.05) is 45.0 Å². The zero-order chi connectivity index (χ0) is 16.5. The van der Waals surface area contributed by atoms with Crippen molar-refractivity contribution in [3.05, 3.63) is 48.0 Å². The van der Waals surface area contributed by atoms with Crippen molar-refractivity contribution in [1.29, 1.82) is 0 Å². The molecule has 0 aliphatic heterocycles. The van der Waals surface area contributed by atoms with E-state index in [1.54, 1.807) is 18.2 Å². The van der Waals surface area contributed by atoms with Gasteiger partial charge in [-0.05, 0) is 29.2 Å². The molecule has 2 aromatic carbocycles. The van der Waals surface area contributed by atoms with Crippen LogP contribution in [0.3, 0.4) is 0 Å². The van der Waals surface area contributed by atoms with Gasteiger partial charge in [0.05, 0.1) is 0 Å². The Hall–Kier alpha value is -2.17. The van der Waals surface area contributed by atoms with E-state index in [1.165, 1.54) is 12.1 Å². The van der Waals surface area contributed by atoms with Gasteiger partial charge in [0.2, 0.25) is 0 Å². The monoisotopic (exact) mass is 309 g/mol. The van der Waals surface area contributed by atoms with Gasteiger partial charge in [-0.15, -0.1) is 13.2 Å². The van der Waals surface area contributed by atoms with Crippen LogP contribution in [0.5, 0.6) is 5.75 Å². The Morgan fingerprint density at radius 2 is 1.55 bits per heavy atom. The Morgan fingerprint density at radius 3 is 2.14 bits per heavy atom. The maximum absolute atomic E-state index is 12.6. The number of nitrogen functional groups attached to an aromatic ring is 1. The van der Waals surface area contributed by atoms with Crippen molar-refractivity contribution < 1.29 is 17.9 Å². The molecule has 118 valence electrons. The van der Waals surface area contributed by atoms with Gasteiger partial charge in [0.25, 0.3) is 0 Å². The lowest BCUT2D eigenvalue weighted by molar-refractivity contribution is -0.274. The Balaban J connectivity index is 2.57. The highest BCUT2D eigenvalue weighted by Crippen LogP contribution is 2.38. The maximum atomic E-state index is 12.6. The molecule has 0 atom stereocenters. The van der Waals surface area contributed by atoms with Gasteiger partial charge in [0, 0.05) is 16.8 Å². The molecule has 0 unspecified atom stereocenters. The van der Waals surface area contributed by atoms with Gasteiger partial charge in [0.1, 0.15) is 5.75 Å². The standard InChI is InChI=1S/C17H18F3NO/c1-16(2,3)11-8-9-14(21)13(10-11)12-6-4-5-7-15(12)22-17(18,19)20/h4-10H,21H2,1-3H3. The number of benzene rings is 2. The second kappa shape index (κ2) is 5.55. The predicted octanol–water partition coefficient (Wildman–Crippen LogP) is 5.13. The molecule has 2 N–H and O–H groups in total. The molecule has 0 aliphatic rings. The summed E-state index contributed by atoms with van der Waals surface area (Å²) in [5, 5.41) is 0. The summed E-state index contributed by atoms with van der Waals surface area (Å²) < 4.78 is 41.8. The molecular formula is C17H18F3NO. The topological polar surface area (TPSA) is 35.2 Å². The third kappa shape index (κ3) is 3.72. The molecule has 0 amide bonds. The predicted molar refractivity (Wildman–Crippen MR) is 81.7 cm³/mol. The van der Waals surface area contributed by atoms with Crippen molar-refractivity contribution in [3.63, 3.8) is 0 Å². The van der Waals surface area contributed by atoms with Gasteiger partial charge < -0.3 is 10.5 Å². The fourth-order valence-corrected chi connectivity index (χ4v) is 2.16. The average Bonchev–Trinajstić information content (AvgIpc) is 2.37. The summed E-state index contributed by atoms with van der Waals surface area (Å²) in [6.45, 7) is 6.08. The molecule has 22 heavy (non-hydrogen) atoms. The molecule has 0 heterocycles. The number of halogens is 3. The quantitative estimate of drug-likeness (QED) is 0.780. The van der Waals surface area contributed by atoms with Crippen molar-refractivity contribution in [2.75, 3.05) is 5.73 Å². The van der Waals surface area contributed by atoms with E-state index in [2.05, 4.69) is 4.74 Å². The fourth-order valence-electron chi connectivity index (χ4n) is 2.16. The lowest BCUT2D eigenvalue weighted by Gasteiger charge is -2.21. The molecule has 2 nitrogen and oxygen atoms in total. The van der Waals surface area contributed by atoms with E-state index in [-0.39, 0.29) is 11.2 Å².